The highest BCUT2D eigenvalue weighted by atomic mass is 32.2. The molecule has 0 bridgehead atoms. The van der Waals surface area contributed by atoms with Crippen LogP contribution in [0.4, 0.5) is 5.69 Å². The summed E-state index contributed by atoms with van der Waals surface area (Å²) in [7, 11) is -0.284. The van der Waals surface area contributed by atoms with Crippen molar-refractivity contribution in [3.05, 3.63) is 53.6 Å². The Kier molecular flexibility index (Phi) is 5.92. The molecule has 1 N–H and O–H groups in total. The number of likely N-dealkylation sites (tertiary alicyclic amines) is 1. The van der Waals surface area contributed by atoms with E-state index in [2.05, 4.69) is 9.62 Å². The summed E-state index contributed by atoms with van der Waals surface area (Å²) in [6.07, 6.45) is -0.00640. The van der Waals surface area contributed by atoms with Crippen LogP contribution in [0.15, 0.2) is 47.4 Å². The first-order valence-electron chi connectivity index (χ1n) is 10.2. The Balaban J connectivity index is 1.55. The second kappa shape index (κ2) is 8.49. The van der Waals surface area contributed by atoms with Crippen LogP contribution in [0.2, 0.25) is 0 Å². The third-order valence-electron chi connectivity index (χ3n) is 5.93. The molecule has 0 aromatic heterocycles. The van der Waals surface area contributed by atoms with Crippen molar-refractivity contribution < 1.29 is 22.7 Å². The van der Waals surface area contributed by atoms with E-state index in [1.54, 1.807) is 55.3 Å². The Bertz CT molecular complexity index is 1070. The van der Waals surface area contributed by atoms with Gasteiger partial charge in [0.1, 0.15) is 5.75 Å². The molecule has 2 aromatic carbocycles. The van der Waals surface area contributed by atoms with Crippen LogP contribution >= 0.6 is 0 Å². The fourth-order valence-electron chi connectivity index (χ4n) is 4.10. The van der Waals surface area contributed by atoms with Gasteiger partial charge in [-0.1, -0.05) is 6.07 Å². The molecule has 9 heteroatoms. The van der Waals surface area contributed by atoms with E-state index in [0.29, 0.717) is 42.3 Å². The van der Waals surface area contributed by atoms with Crippen molar-refractivity contribution in [3.8, 4) is 5.75 Å². The van der Waals surface area contributed by atoms with Gasteiger partial charge in [0.2, 0.25) is 0 Å². The first-order chi connectivity index (χ1) is 14.8. The quantitative estimate of drug-likeness (QED) is 0.757. The molecule has 2 atom stereocenters. The molecule has 31 heavy (non-hydrogen) atoms. The molecule has 2 aromatic rings. The number of hydrogen-bond acceptors (Lipinski definition) is 6. The predicted molar refractivity (Wildman–Crippen MR) is 117 cm³/mol. The summed E-state index contributed by atoms with van der Waals surface area (Å²) in [5, 5.41) is 0. The molecule has 2 saturated heterocycles. The van der Waals surface area contributed by atoms with Crippen LogP contribution in [-0.4, -0.2) is 76.7 Å². The largest absolute Gasteiger partial charge is 0.497 e. The maximum atomic E-state index is 13.1. The summed E-state index contributed by atoms with van der Waals surface area (Å²) in [5.74, 6) is 0.444. The molecule has 0 saturated carbocycles. The molecule has 2 aliphatic heterocycles. The van der Waals surface area contributed by atoms with E-state index in [1.165, 1.54) is 6.07 Å². The van der Waals surface area contributed by atoms with Crippen molar-refractivity contribution in [2.75, 3.05) is 45.1 Å². The number of sulfonamides is 1. The van der Waals surface area contributed by atoms with Gasteiger partial charge in [-0.3, -0.25) is 14.4 Å². The van der Waals surface area contributed by atoms with Crippen LogP contribution in [-0.2, 0) is 14.8 Å². The average Bonchev–Trinajstić information content (AvgIpc) is 3.19. The van der Waals surface area contributed by atoms with Crippen LogP contribution in [0.5, 0.6) is 5.75 Å². The van der Waals surface area contributed by atoms with Crippen LogP contribution in [0.25, 0.3) is 0 Å². The molecular formula is C22H27N3O5S. The van der Waals surface area contributed by atoms with E-state index in [0.717, 1.165) is 6.54 Å². The molecule has 166 valence electrons. The maximum absolute atomic E-state index is 13.1. The van der Waals surface area contributed by atoms with Gasteiger partial charge in [0, 0.05) is 30.9 Å². The number of ether oxygens (including phenoxy) is 2. The van der Waals surface area contributed by atoms with Crippen molar-refractivity contribution in [2.24, 2.45) is 0 Å². The van der Waals surface area contributed by atoms with E-state index < -0.39 is 10.0 Å². The number of fused-ring (bicyclic) bond motifs is 1. The first-order valence-corrected chi connectivity index (χ1v) is 11.7. The van der Waals surface area contributed by atoms with Gasteiger partial charge >= 0.3 is 0 Å². The van der Waals surface area contributed by atoms with Gasteiger partial charge in [0.05, 0.1) is 30.8 Å². The molecule has 2 aliphatic rings. The summed E-state index contributed by atoms with van der Waals surface area (Å²) in [4.78, 5) is 17.2. The minimum Gasteiger partial charge on any atom is -0.497 e. The summed E-state index contributed by atoms with van der Waals surface area (Å²) >= 11 is 0. The number of benzene rings is 2. The summed E-state index contributed by atoms with van der Waals surface area (Å²) in [6, 6.07) is 11.6. The van der Waals surface area contributed by atoms with E-state index in [9.17, 15) is 13.2 Å². The van der Waals surface area contributed by atoms with Crippen LogP contribution in [0.1, 0.15) is 15.9 Å². The molecule has 0 spiro atoms. The fraction of sp³-hybridized carbons (Fsp3) is 0.409. The number of rotatable bonds is 5. The Morgan fingerprint density at radius 1 is 1.16 bits per heavy atom. The third kappa shape index (κ3) is 4.39. The molecule has 0 unspecified atom stereocenters. The fourth-order valence-corrected chi connectivity index (χ4v) is 5.43. The number of amides is 1. The summed E-state index contributed by atoms with van der Waals surface area (Å²) in [5.41, 5.74) is 1.33. The third-order valence-corrected chi connectivity index (χ3v) is 7.46. The van der Waals surface area contributed by atoms with Gasteiger partial charge in [-0.25, -0.2) is 8.42 Å². The first kappa shape index (κ1) is 21.6. The number of carbonyl (C=O) groups is 1. The molecule has 0 aliphatic carbocycles. The minimum absolute atomic E-state index is 0.00640. The van der Waals surface area contributed by atoms with Crippen molar-refractivity contribution in [1.29, 1.82) is 0 Å². The lowest BCUT2D eigenvalue weighted by Crippen LogP contribution is -2.48. The number of carbonyl (C=O) groups excluding carboxylic acids is 1. The highest BCUT2D eigenvalue weighted by Crippen LogP contribution is 2.26. The predicted octanol–water partition coefficient (Wildman–Crippen LogP) is 1.96. The molecular weight excluding hydrogens is 418 g/mol. The maximum Gasteiger partial charge on any atom is 0.262 e. The van der Waals surface area contributed by atoms with Crippen LogP contribution in [0, 0.1) is 6.92 Å². The van der Waals surface area contributed by atoms with E-state index in [-0.39, 0.29) is 22.9 Å². The standard InChI is InChI=1S/C22H27N3O5S/c1-15-4-5-16(22(26)25-13-19-20(14-25)30-11-10-24(19)2)12-21(15)31(27,28)23-17-6-8-18(29-3)9-7-17/h4-9,12,19-20,23H,10-11,13-14H2,1-3H3/t19-,20+/m1/s1. The number of likely N-dealkylation sites (N-methyl/N-ethyl adjacent to an activating group) is 1. The SMILES string of the molecule is COc1ccc(NS(=O)(=O)c2cc(C(=O)N3C[C@@H]4OCCN(C)[C@@H]4C3)ccc2C)cc1. The average molecular weight is 446 g/mol. The number of hydrogen-bond donors (Lipinski definition) is 1. The number of anilines is 1. The van der Waals surface area contributed by atoms with E-state index >= 15 is 0 Å². The zero-order valence-corrected chi connectivity index (χ0v) is 18.7. The van der Waals surface area contributed by atoms with Crippen LogP contribution in [0.3, 0.4) is 0 Å². The molecule has 4 rings (SSSR count). The van der Waals surface area contributed by atoms with Crippen LogP contribution < -0.4 is 9.46 Å². The lowest BCUT2D eigenvalue weighted by atomic mass is 10.1. The molecule has 0 radical (unpaired) electrons. The normalized spacial score (nSPS) is 21.6. The van der Waals surface area contributed by atoms with Gasteiger partial charge in [-0.05, 0) is 55.9 Å². The Morgan fingerprint density at radius 3 is 2.58 bits per heavy atom. The topological polar surface area (TPSA) is 88.2 Å². The minimum atomic E-state index is -3.87. The molecule has 2 fully saturated rings. The molecule has 2 heterocycles. The van der Waals surface area contributed by atoms with Gasteiger partial charge in [0.15, 0.2) is 0 Å². The number of aryl methyl sites for hydroxylation is 1. The molecule has 1 amide bonds. The Labute approximate surface area is 182 Å². The summed E-state index contributed by atoms with van der Waals surface area (Å²) in [6.45, 7) is 4.29. The van der Waals surface area contributed by atoms with Crippen molar-refractivity contribution >= 4 is 21.6 Å². The van der Waals surface area contributed by atoms with Crippen molar-refractivity contribution in [2.45, 2.75) is 24.0 Å². The highest BCUT2D eigenvalue weighted by Gasteiger charge is 2.40. The van der Waals surface area contributed by atoms with Gasteiger partial charge in [-0.15, -0.1) is 0 Å². The second-order valence-corrected chi connectivity index (χ2v) is 9.63. The lowest BCUT2D eigenvalue weighted by molar-refractivity contribution is -0.0368. The van der Waals surface area contributed by atoms with Crippen molar-refractivity contribution in [3.63, 3.8) is 0 Å². The van der Waals surface area contributed by atoms with Gasteiger partial charge < -0.3 is 14.4 Å². The Morgan fingerprint density at radius 2 is 1.90 bits per heavy atom. The Hall–Kier alpha value is -2.62. The number of methoxy groups -OCH3 is 1. The van der Waals surface area contributed by atoms with Crippen molar-refractivity contribution in [1.82, 2.24) is 9.80 Å². The van der Waals surface area contributed by atoms with E-state index in [4.69, 9.17) is 9.47 Å². The monoisotopic (exact) mass is 445 g/mol. The summed E-state index contributed by atoms with van der Waals surface area (Å²) < 4.78 is 39.6. The van der Waals surface area contributed by atoms with Gasteiger partial charge in [0.25, 0.3) is 15.9 Å². The number of nitrogens with zero attached hydrogens (tertiary/aromatic N) is 2. The smallest absolute Gasteiger partial charge is 0.262 e. The highest BCUT2D eigenvalue weighted by molar-refractivity contribution is 7.92. The van der Waals surface area contributed by atoms with E-state index in [1.807, 2.05) is 7.05 Å². The lowest BCUT2D eigenvalue weighted by Gasteiger charge is -2.33. The number of morpholine rings is 1. The molecule has 8 nitrogen and oxygen atoms in total. The zero-order valence-electron chi connectivity index (χ0n) is 17.9. The second-order valence-electron chi connectivity index (χ2n) is 7.98. The zero-order chi connectivity index (χ0) is 22.2. The number of nitrogens with one attached hydrogen (secondary N) is 1. The van der Waals surface area contributed by atoms with Gasteiger partial charge in [-0.2, -0.15) is 0 Å².